The highest BCUT2D eigenvalue weighted by Gasteiger charge is 2.48. The van der Waals surface area contributed by atoms with Gasteiger partial charge in [-0.15, -0.1) is 0 Å². The highest BCUT2D eigenvalue weighted by Crippen LogP contribution is 2.32. The standard InChI is InChI=1S/C38H50F3N9O7/c1-5-9-24(29(51)34(55)45-22-12-13-22)46-32(53)26-18-23(57-27-14-15-44-36(47-27)38(39,40)41)20-50(26)35(56)30(37(2,3)4)49-33(54)28(21-10-7-6-8-11-21)48-31(52)25-19-42-16-17-43-25/h14-17,19,21-24,26,28,30H,5-13,18,20H2,1-4H3,(H,45,55)(H,46,53)(H,48,52)(H,49,54)/t23-,24?,26?,28?,30?/m0/s1. The number of ether oxygens (including phenoxy) is 1. The Morgan fingerprint density at radius 3 is 2.26 bits per heavy atom. The maximum absolute atomic E-state index is 14.7. The zero-order valence-corrected chi connectivity index (χ0v) is 32.4. The fourth-order valence-electron chi connectivity index (χ4n) is 7.10. The summed E-state index contributed by atoms with van der Waals surface area (Å²) in [6.07, 6.45) is 4.71. The molecule has 0 spiro atoms. The van der Waals surface area contributed by atoms with Gasteiger partial charge >= 0.3 is 6.18 Å². The molecule has 19 heteroatoms. The number of carbonyl (C=O) groups is 6. The first-order chi connectivity index (χ1) is 27.0. The van der Waals surface area contributed by atoms with E-state index in [9.17, 15) is 41.9 Å². The number of aromatic nitrogens is 4. The van der Waals surface area contributed by atoms with Crippen LogP contribution in [0.3, 0.4) is 0 Å². The number of rotatable bonds is 15. The van der Waals surface area contributed by atoms with Gasteiger partial charge in [0.2, 0.25) is 35.2 Å². The van der Waals surface area contributed by atoms with Crippen LogP contribution in [0.2, 0.25) is 0 Å². The molecular weight excluding hydrogens is 751 g/mol. The zero-order valence-electron chi connectivity index (χ0n) is 32.4. The number of carbonyl (C=O) groups excluding carboxylic acids is 6. The van der Waals surface area contributed by atoms with Crippen LogP contribution in [0.15, 0.2) is 30.9 Å². The minimum Gasteiger partial charge on any atom is -0.472 e. The Morgan fingerprint density at radius 1 is 0.930 bits per heavy atom. The number of likely N-dealkylation sites (tertiary alicyclic amines) is 1. The molecular formula is C38H50F3N9O7. The molecule has 1 aliphatic heterocycles. The molecule has 3 aliphatic rings. The largest absolute Gasteiger partial charge is 0.472 e. The van der Waals surface area contributed by atoms with Crippen molar-refractivity contribution in [3.05, 3.63) is 42.4 Å². The summed E-state index contributed by atoms with van der Waals surface area (Å²) in [5.41, 5.74) is -0.975. The monoisotopic (exact) mass is 801 g/mol. The third-order valence-corrected chi connectivity index (χ3v) is 10.3. The van der Waals surface area contributed by atoms with Crippen LogP contribution in [0.5, 0.6) is 5.88 Å². The van der Waals surface area contributed by atoms with Crippen molar-refractivity contribution >= 4 is 35.3 Å². The lowest BCUT2D eigenvalue weighted by atomic mass is 9.82. The maximum atomic E-state index is 14.7. The SMILES string of the molecule is CCCC(NC(=O)C1C[C@H](Oc2ccnc(C(F)(F)F)n2)CN1C(=O)C(NC(=O)C(NC(=O)c1cnccn1)C1CCCCC1)C(C)(C)C)C(=O)C(=O)NC1CC1. The summed E-state index contributed by atoms with van der Waals surface area (Å²) in [7, 11) is 0. The molecule has 5 rings (SSSR count). The summed E-state index contributed by atoms with van der Waals surface area (Å²) in [5, 5.41) is 10.9. The summed E-state index contributed by atoms with van der Waals surface area (Å²) in [6.45, 7) is 6.57. The number of hydrogen-bond acceptors (Lipinski definition) is 11. The molecule has 3 heterocycles. The van der Waals surface area contributed by atoms with Gasteiger partial charge in [-0.1, -0.05) is 53.4 Å². The fourth-order valence-corrected chi connectivity index (χ4v) is 7.10. The Morgan fingerprint density at radius 2 is 1.65 bits per heavy atom. The molecule has 4 unspecified atom stereocenters. The highest BCUT2D eigenvalue weighted by molar-refractivity contribution is 6.38. The first-order valence-corrected chi connectivity index (χ1v) is 19.4. The maximum Gasteiger partial charge on any atom is 0.451 e. The number of nitrogens with one attached hydrogen (secondary N) is 4. The first kappa shape index (κ1) is 42.9. The molecule has 2 aromatic heterocycles. The Hall–Kier alpha value is -5.23. The molecule has 0 radical (unpaired) electrons. The predicted molar refractivity (Wildman–Crippen MR) is 196 cm³/mol. The Kier molecular flexibility index (Phi) is 13.8. The average molecular weight is 802 g/mol. The Bertz CT molecular complexity index is 1780. The van der Waals surface area contributed by atoms with Crippen molar-refractivity contribution < 1.29 is 46.7 Å². The van der Waals surface area contributed by atoms with Crippen molar-refractivity contribution in [2.24, 2.45) is 11.3 Å². The lowest BCUT2D eigenvalue weighted by Crippen LogP contribution is -2.62. The van der Waals surface area contributed by atoms with E-state index in [1.807, 2.05) is 0 Å². The molecule has 3 fully saturated rings. The molecule has 4 N–H and O–H groups in total. The minimum absolute atomic E-state index is 0.00226. The molecule has 5 atom stereocenters. The minimum atomic E-state index is -4.87. The van der Waals surface area contributed by atoms with Crippen molar-refractivity contribution in [1.82, 2.24) is 46.1 Å². The van der Waals surface area contributed by atoms with Crippen molar-refractivity contribution in [2.45, 2.75) is 134 Å². The number of nitrogens with zero attached hydrogens (tertiary/aromatic N) is 5. The lowest BCUT2D eigenvalue weighted by molar-refractivity contribution is -0.145. The van der Waals surface area contributed by atoms with E-state index < -0.39 is 88.9 Å². The van der Waals surface area contributed by atoms with Crippen LogP contribution < -0.4 is 26.0 Å². The van der Waals surface area contributed by atoms with E-state index in [1.54, 1.807) is 27.7 Å². The quantitative estimate of drug-likeness (QED) is 0.192. The van der Waals surface area contributed by atoms with Crippen molar-refractivity contribution in [3.63, 3.8) is 0 Å². The fraction of sp³-hybridized carbons (Fsp3) is 0.632. The van der Waals surface area contributed by atoms with Crippen molar-refractivity contribution in [2.75, 3.05) is 6.54 Å². The molecule has 1 saturated heterocycles. The van der Waals surface area contributed by atoms with Crippen LogP contribution >= 0.6 is 0 Å². The second kappa shape index (κ2) is 18.4. The molecule has 0 bridgehead atoms. The van der Waals surface area contributed by atoms with Gasteiger partial charge in [-0.3, -0.25) is 33.8 Å². The molecule has 2 saturated carbocycles. The van der Waals surface area contributed by atoms with Crippen LogP contribution in [0.1, 0.15) is 108 Å². The number of alkyl halides is 3. The number of ketones is 1. The van der Waals surface area contributed by atoms with Gasteiger partial charge in [0.15, 0.2) is 0 Å². The van der Waals surface area contributed by atoms with Gasteiger partial charge < -0.3 is 30.9 Å². The summed E-state index contributed by atoms with van der Waals surface area (Å²) in [4.78, 5) is 98.0. The van der Waals surface area contributed by atoms with Crippen LogP contribution in [0, 0.1) is 11.3 Å². The number of halogens is 3. The first-order valence-electron chi connectivity index (χ1n) is 19.4. The molecule has 57 heavy (non-hydrogen) atoms. The van der Waals surface area contributed by atoms with Crippen molar-refractivity contribution in [1.29, 1.82) is 0 Å². The predicted octanol–water partition coefficient (Wildman–Crippen LogP) is 2.68. The van der Waals surface area contributed by atoms with Gasteiger partial charge in [0.1, 0.15) is 29.9 Å². The molecule has 0 aromatic carbocycles. The Labute approximate surface area is 328 Å². The van der Waals surface area contributed by atoms with E-state index >= 15 is 0 Å². The van der Waals surface area contributed by atoms with Gasteiger partial charge in [0.05, 0.1) is 18.8 Å². The second-order valence-corrected chi connectivity index (χ2v) is 15.9. The normalized spacial score (nSPS) is 20.4. The molecule has 16 nitrogen and oxygen atoms in total. The summed E-state index contributed by atoms with van der Waals surface area (Å²) >= 11 is 0. The average Bonchev–Trinajstić information content (AvgIpc) is 3.90. The molecule has 2 aliphatic carbocycles. The van der Waals surface area contributed by atoms with Gasteiger partial charge in [0.25, 0.3) is 11.8 Å². The van der Waals surface area contributed by atoms with E-state index in [0.29, 0.717) is 19.3 Å². The van der Waals surface area contributed by atoms with Gasteiger partial charge in [-0.25, -0.2) is 9.97 Å². The van der Waals surface area contributed by atoms with Crippen LogP contribution in [0.4, 0.5) is 13.2 Å². The zero-order chi connectivity index (χ0) is 41.5. The molecule has 5 amide bonds. The van der Waals surface area contributed by atoms with E-state index in [1.165, 1.54) is 18.6 Å². The van der Waals surface area contributed by atoms with Crippen LogP contribution in [-0.2, 0) is 30.1 Å². The second-order valence-electron chi connectivity index (χ2n) is 15.9. The molecule has 310 valence electrons. The topological polar surface area (TPSA) is 215 Å². The van der Waals surface area contributed by atoms with Gasteiger partial charge in [-0.2, -0.15) is 18.2 Å². The van der Waals surface area contributed by atoms with Crippen LogP contribution in [0.25, 0.3) is 0 Å². The Balaban J connectivity index is 1.42. The summed E-state index contributed by atoms with van der Waals surface area (Å²) in [5.74, 6) is -6.59. The van der Waals surface area contributed by atoms with Gasteiger partial charge in [0, 0.05) is 37.1 Å². The van der Waals surface area contributed by atoms with E-state index in [2.05, 4.69) is 41.2 Å². The van der Waals surface area contributed by atoms with E-state index in [0.717, 1.165) is 49.3 Å². The van der Waals surface area contributed by atoms with Crippen LogP contribution in [-0.4, -0.2) is 103 Å². The summed E-state index contributed by atoms with van der Waals surface area (Å²) < 4.78 is 46.1. The number of Topliss-reactive ketones (excluding diaryl/α,β-unsaturated/α-hetero) is 1. The molecule has 2 aromatic rings. The number of hydrogen-bond donors (Lipinski definition) is 4. The smallest absolute Gasteiger partial charge is 0.451 e. The number of amides is 5. The lowest BCUT2D eigenvalue weighted by Gasteiger charge is -2.37. The highest BCUT2D eigenvalue weighted by atomic mass is 19.4. The van der Waals surface area contributed by atoms with Gasteiger partial charge in [-0.05, 0) is 43.4 Å². The third-order valence-electron chi connectivity index (χ3n) is 10.3. The third kappa shape index (κ3) is 11.4. The van der Waals surface area contributed by atoms with E-state index in [-0.39, 0.29) is 37.0 Å². The van der Waals surface area contributed by atoms with E-state index in [4.69, 9.17) is 4.74 Å². The summed E-state index contributed by atoms with van der Waals surface area (Å²) in [6, 6.07) is -3.88. The van der Waals surface area contributed by atoms with Crippen molar-refractivity contribution in [3.8, 4) is 5.88 Å².